The molecule has 116 valence electrons. The second-order valence-electron chi connectivity index (χ2n) is 4.62. The minimum Gasteiger partial charge on any atom is -0.480 e. The van der Waals surface area contributed by atoms with Crippen LogP contribution in [0.25, 0.3) is 0 Å². The van der Waals surface area contributed by atoms with Crippen LogP contribution in [0.15, 0.2) is 30.3 Å². The van der Waals surface area contributed by atoms with Crippen LogP contribution in [0.4, 0.5) is 0 Å². The lowest BCUT2D eigenvalue weighted by atomic mass is 10.1. The quantitative estimate of drug-likeness (QED) is 0.758. The number of rotatable bonds is 8. The Hall–Kier alpha value is -1.89. The van der Waals surface area contributed by atoms with Crippen molar-refractivity contribution >= 4 is 21.7 Å². The van der Waals surface area contributed by atoms with Gasteiger partial charge in [-0.05, 0) is 12.0 Å². The smallest absolute Gasteiger partial charge is 0.323 e. The number of carboxylic acids is 1. The molecule has 1 aromatic carbocycles. The minimum atomic E-state index is -3.47. The molecule has 0 aliphatic heterocycles. The predicted molar refractivity (Wildman–Crippen MR) is 78.7 cm³/mol. The lowest BCUT2D eigenvalue weighted by Gasteiger charge is -2.20. The number of aliphatic carboxylic acids is 1. The molecule has 0 aliphatic rings. The Bertz CT molecular complexity index is 583. The summed E-state index contributed by atoms with van der Waals surface area (Å²) in [6.07, 6.45) is 0.478. The van der Waals surface area contributed by atoms with E-state index in [-0.39, 0.29) is 12.3 Å². The van der Waals surface area contributed by atoms with Gasteiger partial charge in [0.1, 0.15) is 12.3 Å². The van der Waals surface area contributed by atoms with E-state index in [1.165, 1.54) is 6.92 Å². The van der Waals surface area contributed by atoms with Gasteiger partial charge in [0, 0.05) is 12.3 Å². The molecule has 0 heterocycles. The summed E-state index contributed by atoms with van der Waals surface area (Å²) in [6.45, 7) is 1.13. The molecule has 0 aromatic heterocycles. The van der Waals surface area contributed by atoms with Crippen molar-refractivity contribution < 1.29 is 23.1 Å². The average Bonchev–Trinajstić information content (AvgIpc) is 2.43. The summed E-state index contributed by atoms with van der Waals surface area (Å²) in [5.74, 6) is -2.62. The van der Waals surface area contributed by atoms with Crippen molar-refractivity contribution in [2.45, 2.75) is 13.3 Å². The Balaban J connectivity index is 2.71. The van der Waals surface area contributed by atoms with Crippen LogP contribution in [0.3, 0.4) is 0 Å². The zero-order valence-electron chi connectivity index (χ0n) is 11.9. The molecule has 0 bridgehead atoms. The van der Waals surface area contributed by atoms with Gasteiger partial charge in [-0.1, -0.05) is 37.3 Å². The summed E-state index contributed by atoms with van der Waals surface area (Å²) >= 11 is 0. The van der Waals surface area contributed by atoms with Gasteiger partial charge in [0.2, 0.25) is 5.91 Å². The highest BCUT2D eigenvalue weighted by Crippen LogP contribution is 2.03. The lowest BCUT2D eigenvalue weighted by molar-refractivity contribution is -0.143. The summed E-state index contributed by atoms with van der Waals surface area (Å²) in [5, 5.41) is 8.84. The van der Waals surface area contributed by atoms with Gasteiger partial charge >= 0.3 is 5.97 Å². The van der Waals surface area contributed by atoms with Crippen molar-refractivity contribution in [3.63, 3.8) is 0 Å². The first-order chi connectivity index (χ1) is 9.84. The first-order valence-corrected chi connectivity index (χ1v) is 8.40. The van der Waals surface area contributed by atoms with E-state index in [0.29, 0.717) is 6.42 Å². The van der Waals surface area contributed by atoms with Crippen LogP contribution in [-0.2, 0) is 25.8 Å². The van der Waals surface area contributed by atoms with E-state index in [1.807, 2.05) is 30.3 Å². The zero-order chi connectivity index (χ0) is 15.9. The average molecular weight is 313 g/mol. The minimum absolute atomic E-state index is 0.141. The Morgan fingerprint density at radius 1 is 1.19 bits per heavy atom. The lowest BCUT2D eigenvalue weighted by Crippen LogP contribution is -2.40. The summed E-state index contributed by atoms with van der Waals surface area (Å²) < 4.78 is 23.0. The van der Waals surface area contributed by atoms with Gasteiger partial charge in [0.15, 0.2) is 9.84 Å². The van der Waals surface area contributed by atoms with Crippen LogP contribution in [0.1, 0.15) is 12.5 Å². The van der Waals surface area contributed by atoms with Crippen LogP contribution in [0, 0.1) is 0 Å². The number of nitrogens with zero attached hydrogens (tertiary/aromatic N) is 1. The van der Waals surface area contributed by atoms with Crippen molar-refractivity contribution in [1.82, 2.24) is 4.90 Å². The number of sulfone groups is 1. The van der Waals surface area contributed by atoms with E-state index in [1.54, 1.807) is 0 Å². The first kappa shape index (κ1) is 17.2. The molecule has 6 nitrogen and oxygen atoms in total. The molecule has 1 aromatic rings. The maximum absolute atomic E-state index is 12.0. The van der Waals surface area contributed by atoms with E-state index in [4.69, 9.17) is 5.11 Å². The third kappa shape index (κ3) is 6.40. The van der Waals surface area contributed by atoms with Gasteiger partial charge in [-0.2, -0.15) is 0 Å². The highest BCUT2D eigenvalue weighted by molar-refractivity contribution is 7.92. The molecule has 21 heavy (non-hydrogen) atoms. The molecule has 0 spiro atoms. The highest BCUT2D eigenvalue weighted by Gasteiger charge is 2.22. The van der Waals surface area contributed by atoms with E-state index < -0.39 is 34.0 Å². The largest absolute Gasteiger partial charge is 0.480 e. The van der Waals surface area contributed by atoms with Crippen LogP contribution in [-0.4, -0.2) is 54.9 Å². The SMILES string of the molecule is CCS(=O)(=O)CC(=O)N(CCc1ccccc1)CC(=O)O. The normalized spacial score (nSPS) is 11.1. The molecule has 0 fully saturated rings. The topological polar surface area (TPSA) is 91.8 Å². The number of carbonyl (C=O) groups is 2. The molecular formula is C14H19NO5S. The molecule has 1 rings (SSSR count). The van der Waals surface area contributed by atoms with Crippen molar-refractivity contribution in [3.8, 4) is 0 Å². The maximum Gasteiger partial charge on any atom is 0.323 e. The Morgan fingerprint density at radius 2 is 1.81 bits per heavy atom. The summed E-state index contributed by atoms with van der Waals surface area (Å²) in [5.41, 5.74) is 0.957. The second-order valence-corrected chi connectivity index (χ2v) is 6.97. The summed E-state index contributed by atoms with van der Waals surface area (Å²) in [4.78, 5) is 23.8. The highest BCUT2D eigenvalue weighted by atomic mass is 32.2. The molecule has 0 saturated carbocycles. The molecule has 0 atom stereocenters. The fourth-order valence-electron chi connectivity index (χ4n) is 1.75. The number of amides is 1. The number of hydrogen-bond acceptors (Lipinski definition) is 4. The Kier molecular flexibility index (Phi) is 6.36. The second kappa shape index (κ2) is 7.78. The monoisotopic (exact) mass is 313 g/mol. The molecular weight excluding hydrogens is 294 g/mol. The van der Waals surface area contributed by atoms with E-state index in [0.717, 1.165) is 10.5 Å². The van der Waals surface area contributed by atoms with Crippen LogP contribution >= 0.6 is 0 Å². The summed E-state index contributed by atoms with van der Waals surface area (Å²) in [6, 6.07) is 9.29. The van der Waals surface area contributed by atoms with Gasteiger partial charge in [-0.15, -0.1) is 0 Å². The molecule has 1 N–H and O–H groups in total. The fraction of sp³-hybridized carbons (Fsp3) is 0.429. The Labute approximate surface area is 124 Å². The standard InChI is InChI=1S/C14H19NO5S/c1-2-21(19,20)11-13(16)15(10-14(17)18)9-8-12-6-4-3-5-7-12/h3-7H,2,8-11H2,1H3,(H,17,18). The predicted octanol–water partition coefficient (Wildman–Crippen LogP) is 0.577. The van der Waals surface area contributed by atoms with Gasteiger partial charge in [-0.3, -0.25) is 9.59 Å². The number of carbonyl (C=O) groups excluding carboxylic acids is 1. The Morgan fingerprint density at radius 3 is 2.33 bits per heavy atom. The van der Waals surface area contributed by atoms with Crippen LogP contribution < -0.4 is 0 Å². The van der Waals surface area contributed by atoms with E-state index in [2.05, 4.69) is 0 Å². The molecule has 1 amide bonds. The molecule has 0 aliphatic carbocycles. The number of carboxylic acid groups (broad SMARTS) is 1. The van der Waals surface area contributed by atoms with Crippen LogP contribution in [0.2, 0.25) is 0 Å². The first-order valence-electron chi connectivity index (χ1n) is 6.58. The van der Waals surface area contributed by atoms with Crippen molar-refractivity contribution in [3.05, 3.63) is 35.9 Å². The number of hydrogen-bond donors (Lipinski definition) is 1. The van der Waals surface area contributed by atoms with E-state index in [9.17, 15) is 18.0 Å². The van der Waals surface area contributed by atoms with Crippen LogP contribution in [0.5, 0.6) is 0 Å². The van der Waals surface area contributed by atoms with E-state index >= 15 is 0 Å². The molecule has 0 radical (unpaired) electrons. The molecule has 7 heteroatoms. The fourth-order valence-corrected chi connectivity index (χ4v) is 2.51. The van der Waals surface area contributed by atoms with Crippen molar-refractivity contribution in [1.29, 1.82) is 0 Å². The van der Waals surface area contributed by atoms with Gasteiger partial charge in [0.25, 0.3) is 0 Å². The zero-order valence-corrected chi connectivity index (χ0v) is 12.7. The molecule has 0 saturated heterocycles. The summed E-state index contributed by atoms with van der Waals surface area (Å²) in [7, 11) is -3.47. The van der Waals surface area contributed by atoms with Gasteiger partial charge < -0.3 is 10.0 Å². The van der Waals surface area contributed by atoms with Gasteiger partial charge in [0.05, 0.1) is 0 Å². The molecule has 0 unspecified atom stereocenters. The van der Waals surface area contributed by atoms with Gasteiger partial charge in [-0.25, -0.2) is 8.42 Å². The number of benzene rings is 1. The van der Waals surface area contributed by atoms with Crippen molar-refractivity contribution in [2.75, 3.05) is 24.6 Å². The van der Waals surface area contributed by atoms with Crippen molar-refractivity contribution in [2.24, 2.45) is 0 Å². The third-order valence-electron chi connectivity index (χ3n) is 2.98. The third-order valence-corrected chi connectivity index (χ3v) is 4.54. The maximum atomic E-state index is 12.0.